The lowest BCUT2D eigenvalue weighted by Crippen LogP contribution is -2.42. The normalized spacial score (nSPS) is 16.6. The molecular formula is C28H28FN3O3. The number of hydrogen-bond donors (Lipinski definition) is 2. The van der Waals surface area contributed by atoms with Crippen LogP contribution in [0, 0.1) is 5.82 Å². The van der Waals surface area contributed by atoms with Gasteiger partial charge in [0.05, 0.1) is 29.3 Å². The number of H-pyrrole nitrogens is 1. The lowest BCUT2D eigenvalue weighted by atomic mass is 9.93. The summed E-state index contributed by atoms with van der Waals surface area (Å²) in [7, 11) is 0. The highest BCUT2D eigenvalue weighted by Crippen LogP contribution is 2.26. The summed E-state index contributed by atoms with van der Waals surface area (Å²) in [5.74, 6) is -1.28. The summed E-state index contributed by atoms with van der Waals surface area (Å²) in [5.41, 5.74) is 1.93. The number of morpholine rings is 1. The fourth-order valence-electron chi connectivity index (χ4n) is 4.68. The number of benzene rings is 3. The van der Waals surface area contributed by atoms with Gasteiger partial charge in [-0.3, -0.25) is 9.59 Å². The fraction of sp³-hybridized carbons (Fsp3) is 0.286. The highest BCUT2D eigenvalue weighted by atomic mass is 19.1. The molecule has 0 saturated carbocycles. The largest absolute Gasteiger partial charge is 0.375 e. The average molecular weight is 474 g/mol. The van der Waals surface area contributed by atoms with Gasteiger partial charge < -0.3 is 19.9 Å². The maximum absolute atomic E-state index is 15.0. The molecule has 0 aliphatic carbocycles. The van der Waals surface area contributed by atoms with E-state index in [0.717, 1.165) is 30.4 Å². The van der Waals surface area contributed by atoms with Gasteiger partial charge in [-0.15, -0.1) is 0 Å². The van der Waals surface area contributed by atoms with Gasteiger partial charge in [-0.2, -0.15) is 0 Å². The number of aromatic amines is 1. The number of carbonyl (C=O) groups is 1. The number of nitrogens with one attached hydrogen (secondary N) is 2. The predicted octanol–water partition coefficient (Wildman–Crippen LogP) is 4.71. The Morgan fingerprint density at radius 2 is 1.83 bits per heavy atom. The molecule has 2 N–H and O–H groups in total. The van der Waals surface area contributed by atoms with E-state index in [0.29, 0.717) is 23.0 Å². The Balaban J connectivity index is 1.41. The molecule has 4 aromatic rings. The first-order valence-corrected chi connectivity index (χ1v) is 11.8. The SMILES string of the molecule is C[C@@H]1CN(c2ccc(C(C)(C)NC(=O)c3cc4[nH]c5ccccc5c(=O)c4cc3F)cc2)CCO1. The topological polar surface area (TPSA) is 74.4 Å². The summed E-state index contributed by atoms with van der Waals surface area (Å²) in [6.45, 7) is 8.18. The van der Waals surface area contributed by atoms with Gasteiger partial charge in [-0.25, -0.2) is 4.39 Å². The number of carbonyl (C=O) groups excluding carboxylic acids is 1. The summed E-state index contributed by atoms with van der Waals surface area (Å²) in [6, 6.07) is 17.6. The molecule has 1 fully saturated rings. The maximum Gasteiger partial charge on any atom is 0.255 e. The van der Waals surface area contributed by atoms with Crippen molar-refractivity contribution in [2.24, 2.45) is 0 Å². The summed E-state index contributed by atoms with van der Waals surface area (Å²) in [4.78, 5) is 31.4. The second kappa shape index (κ2) is 8.82. The number of aromatic nitrogens is 1. The molecule has 1 amide bonds. The van der Waals surface area contributed by atoms with Crippen LogP contribution in [0.1, 0.15) is 36.7 Å². The highest BCUT2D eigenvalue weighted by molar-refractivity contribution is 6.00. The third-order valence-electron chi connectivity index (χ3n) is 6.66. The van der Waals surface area contributed by atoms with Crippen molar-refractivity contribution in [2.45, 2.75) is 32.4 Å². The number of rotatable bonds is 4. The van der Waals surface area contributed by atoms with E-state index in [-0.39, 0.29) is 22.5 Å². The first kappa shape index (κ1) is 23.1. The van der Waals surface area contributed by atoms with Crippen LogP contribution in [0.25, 0.3) is 21.8 Å². The van der Waals surface area contributed by atoms with Crippen molar-refractivity contribution >= 4 is 33.4 Å². The molecular weight excluding hydrogens is 445 g/mol. The number of nitrogens with zero attached hydrogens (tertiary/aromatic N) is 1. The van der Waals surface area contributed by atoms with Crippen LogP contribution < -0.4 is 15.6 Å². The molecule has 0 bridgehead atoms. The number of halogens is 1. The van der Waals surface area contributed by atoms with E-state index in [1.54, 1.807) is 18.2 Å². The molecule has 2 heterocycles. The standard InChI is InChI=1S/C28H28FN3O3/c1-17-16-32(12-13-35-17)19-10-8-18(9-11-19)28(2,3)31-27(34)21-15-25-22(14-23(21)29)26(33)20-6-4-5-7-24(20)30-25/h4-11,14-15,17H,12-13,16H2,1-3H3,(H,30,33)(H,31,34)/t17-/m1/s1. The molecule has 1 saturated heterocycles. The molecule has 0 radical (unpaired) electrons. The Morgan fingerprint density at radius 3 is 2.57 bits per heavy atom. The van der Waals surface area contributed by atoms with E-state index in [4.69, 9.17) is 4.74 Å². The van der Waals surface area contributed by atoms with Crippen LogP contribution in [0.4, 0.5) is 10.1 Å². The molecule has 35 heavy (non-hydrogen) atoms. The summed E-state index contributed by atoms with van der Waals surface area (Å²) >= 11 is 0. The van der Waals surface area contributed by atoms with E-state index < -0.39 is 17.3 Å². The van der Waals surface area contributed by atoms with E-state index in [9.17, 15) is 14.0 Å². The summed E-state index contributed by atoms with van der Waals surface area (Å²) in [6.07, 6.45) is 0.184. The Morgan fingerprint density at radius 1 is 1.09 bits per heavy atom. The monoisotopic (exact) mass is 473 g/mol. The van der Waals surface area contributed by atoms with Crippen LogP contribution in [-0.2, 0) is 10.3 Å². The average Bonchev–Trinajstić information content (AvgIpc) is 2.84. The van der Waals surface area contributed by atoms with Crippen molar-refractivity contribution in [3.8, 4) is 0 Å². The molecule has 7 heteroatoms. The second-order valence-electron chi connectivity index (χ2n) is 9.63. The Kier molecular flexibility index (Phi) is 5.81. The minimum atomic E-state index is -0.744. The van der Waals surface area contributed by atoms with E-state index in [1.807, 2.05) is 44.2 Å². The minimum absolute atomic E-state index is 0.115. The zero-order valence-electron chi connectivity index (χ0n) is 20.0. The van der Waals surface area contributed by atoms with Crippen molar-refractivity contribution in [3.05, 3.63) is 87.8 Å². The van der Waals surface area contributed by atoms with Gasteiger partial charge in [0.2, 0.25) is 0 Å². The molecule has 0 unspecified atom stereocenters. The lowest BCUT2D eigenvalue weighted by Gasteiger charge is -2.33. The summed E-state index contributed by atoms with van der Waals surface area (Å²) in [5, 5.41) is 3.64. The maximum atomic E-state index is 15.0. The zero-order valence-corrected chi connectivity index (χ0v) is 20.0. The van der Waals surface area contributed by atoms with E-state index in [1.165, 1.54) is 6.07 Å². The first-order chi connectivity index (χ1) is 16.7. The van der Waals surface area contributed by atoms with Gasteiger partial charge in [0.25, 0.3) is 5.91 Å². The molecule has 0 spiro atoms. The molecule has 1 aliphatic heterocycles. The van der Waals surface area contributed by atoms with E-state index >= 15 is 0 Å². The molecule has 1 aliphatic rings. The molecule has 6 nitrogen and oxygen atoms in total. The summed E-state index contributed by atoms with van der Waals surface area (Å²) < 4.78 is 20.6. The second-order valence-corrected chi connectivity index (χ2v) is 9.63. The Bertz CT molecular complexity index is 1480. The fourth-order valence-corrected chi connectivity index (χ4v) is 4.68. The van der Waals surface area contributed by atoms with Gasteiger partial charge in [-0.1, -0.05) is 24.3 Å². The van der Waals surface area contributed by atoms with Gasteiger partial charge in [0.15, 0.2) is 5.43 Å². The van der Waals surface area contributed by atoms with Crippen molar-refractivity contribution in [2.75, 3.05) is 24.6 Å². The van der Waals surface area contributed by atoms with Crippen LogP contribution in [-0.4, -0.2) is 36.7 Å². The smallest absolute Gasteiger partial charge is 0.255 e. The van der Waals surface area contributed by atoms with Gasteiger partial charge in [0, 0.05) is 35.1 Å². The Labute approximate surface area is 202 Å². The number of para-hydroxylation sites is 1. The van der Waals surface area contributed by atoms with Crippen molar-refractivity contribution in [3.63, 3.8) is 0 Å². The number of anilines is 1. The van der Waals surface area contributed by atoms with E-state index in [2.05, 4.69) is 22.1 Å². The number of pyridine rings is 1. The van der Waals surface area contributed by atoms with Crippen LogP contribution in [0.2, 0.25) is 0 Å². The lowest BCUT2D eigenvalue weighted by molar-refractivity contribution is 0.0532. The van der Waals surface area contributed by atoms with Crippen LogP contribution in [0.15, 0.2) is 65.5 Å². The van der Waals surface area contributed by atoms with Gasteiger partial charge in [0.1, 0.15) is 5.82 Å². The highest BCUT2D eigenvalue weighted by Gasteiger charge is 2.26. The van der Waals surface area contributed by atoms with Crippen molar-refractivity contribution in [1.29, 1.82) is 0 Å². The minimum Gasteiger partial charge on any atom is -0.375 e. The molecule has 1 atom stereocenters. The molecule has 1 aromatic heterocycles. The third-order valence-corrected chi connectivity index (χ3v) is 6.66. The zero-order chi connectivity index (χ0) is 24.7. The van der Waals surface area contributed by atoms with Crippen molar-refractivity contribution in [1.82, 2.24) is 10.3 Å². The van der Waals surface area contributed by atoms with Crippen LogP contribution >= 0.6 is 0 Å². The number of ether oxygens (including phenoxy) is 1. The quantitative estimate of drug-likeness (QED) is 0.421. The predicted molar refractivity (Wildman–Crippen MR) is 137 cm³/mol. The third kappa shape index (κ3) is 4.39. The molecule has 3 aromatic carbocycles. The first-order valence-electron chi connectivity index (χ1n) is 11.8. The Hall–Kier alpha value is -3.71. The van der Waals surface area contributed by atoms with Gasteiger partial charge in [-0.05, 0) is 62.7 Å². The van der Waals surface area contributed by atoms with Gasteiger partial charge >= 0.3 is 0 Å². The van der Waals surface area contributed by atoms with Crippen LogP contribution in [0.3, 0.4) is 0 Å². The number of amides is 1. The van der Waals surface area contributed by atoms with Crippen molar-refractivity contribution < 1.29 is 13.9 Å². The number of hydrogen-bond acceptors (Lipinski definition) is 4. The van der Waals surface area contributed by atoms with Crippen LogP contribution in [0.5, 0.6) is 0 Å². The number of fused-ring (bicyclic) bond motifs is 2. The molecule has 5 rings (SSSR count). The molecule has 180 valence electrons.